The fraction of sp³-hybridized carbons (Fsp3) is 0.395. The highest BCUT2D eigenvalue weighted by Crippen LogP contribution is 2.53. The lowest BCUT2D eigenvalue weighted by atomic mass is 9.81. The molecule has 0 atom stereocenters. The number of ether oxygens (including phenoxy) is 1. The average molecular weight is 530 g/mol. The third-order valence-corrected chi connectivity index (χ3v) is 8.12. The number of rotatable bonds is 4. The summed E-state index contributed by atoms with van der Waals surface area (Å²) in [5.74, 6) is 2.53. The number of hydrogen-bond acceptors (Lipinski definition) is 2. The molecular formula is C38H43NO. The molecule has 2 heteroatoms. The monoisotopic (exact) mass is 529 g/mol. The largest absolute Gasteiger partial charge is 0.456 e. The fourth-order valence-electron chi connectivity index (χ4n) is 6.66. The van der Waals surface area contributed by atoms with Crippen molar-refractivity contribution in [1.29, 1.82) is 0 Å². The van der Waals surface area contributed by atoms with Gasteiger partial charge in [-0.15, -0.1) is 0 Å². The zero-order chi connectivity index (χ0) is 28.6. The summed E-state index contributed by atoms with van der Waals surface area (Å²) in [4.78, 5) is 5.06. The van der Waals surface area contributed by atoms with Gasteiger partial charge in [0, 0.05) is 17.3 Å². The molecule has 1 aromatic heterocycles. The minimum atomic E-state index is 0.114. The van der Waals surface area contributed by atoms with Crippen molar-refractivity contribution in [2.45, 2.75) is 81.6 Å². The van der Waals surface area contributed by atoms with E-state index in [9.17, 15) is 0 Å². The smallest absolute Gasteiger partial charge is 0.140 e. The quantitative estimate of drug-likeness (QED) is 0.212. The summed E-state index contributed by atoms with van der Waals surface area (Å²) in [5, 5.41) is 7.50. The van der Waals surface area contributed by atoms with Crippen LogP contribution in [0.15, 0.2) is 54.7 Å². The Kier molecular flexibility index (Phi) is 6.26. The third-order valence-electron chi connectivity index (χ3n) is 8.12. The summed E-state index contributed by atoms with van der Waals surface area (Å²) in [5.41, 5.74) is 7.90. The third kappa shape index (κ3) is 4.76. The molecule has 2 heterocycles. The fourth-order valence-corrected chi connectivity index (χ4v) is 6.66. The molecule has 1 aliphatic rings. The minimum absolute atomic E-state index is 0.114. The standard InChI is InChI=1S/C38H43NO/c1-22(2)16-24-11-13-27-29(17-24)23(3)33-35-34-28(14-15-39-35)30-18-25(20-37(4,5)6)10-12-26(30)19-32(34)40-36(33)31(27)21-38(7,8)9/h10-15,17-19,22H,16,20-21H2,1-9H3. The molecular weight excluding hydrogens is 486 g/mol. The molecule has 0 saturated heterocycles. The predicted molar refractivity (Wildman–Crippen MR) is 172 cm³/mol. The molecule has 0 fully saturated rings. The molecule has 4 aromatic carbocycles. The number of hydrogen-bond donors (Lipinski definition) is 0. The Hall–Kier alpha value is -3.39. The van der Waals surface area contributed by atoms with Crippen LogP contribution in [0.3, 0.4) is 0 Å². The molecule has 1 aliphatic heterocycles. The van der Waals surface area contributed by atoms with Crippen LogP contribution in [0, 0.1) is 23.7 Å². The van der Waals surface area contributed by atoms with Crippen molar-refractivity contribution in [2.24, 2.45) is 16.7 Å². The van der Waals surface area contributed by atoms with Gasteiger partial charge in [-0.1, -0.05) is 91.8 Å². The minimum Gasteiger partial charge on any atom is -0.456 e. The molecule has 0 saturated carbocycles. The molecule has 5 aromatic rings. The second kappa shape index (κ2) is 9.33. The Bertz CT molecular complexity index is 1790. The molecule has 0 spiro atoms. The van der Waals surface area contributed by atoms with Crippen LogP contribution in [0.1, 0.15) is 77.6 Å². The van der Waals surface area contributed by atoms with E-state index in [0.29, 0.717) is 5.92 Å². The molecule has 2 nitrogen and oxygen atoms in total. The highest BCUT2D eigenvalue weighted by atomic mass is 16.5. The maximum atomic E-state index is 6.99. The van der Waals surface area contributed by atoms with Crippen molar-refractivity contribution in [3.63, 3.8) is 0 Å². The van der Waals surface area contributed by atoms with Crippen molar-refractivity contribution in [1.82, 2.24) is 4.98 Å². The first-order chi connectivity index (χ1) is 18.8. The molecule has 0 bridgehead atoms. The number of benzene rings is 4. The summed E-state index contributed by atoms with van der Waals surface area (Å²) in [6, 6.07) is 18.4. The summed E-state index contributed by atoms with van der Waals surface area (Å²) >= 11 is 0. The first-order valence-corrected chi connectivity index (χ1v) is 14.9. The van der Waals surface area contributed by atoms with Gasteiger partial charge in [0.2, 0.25) is 0 Å². The van der Waals surface area contributed by atoms with Gasteiger partial charge in [0.1, 0.15) is 11.5 Å². The van der Waals surface area contributed by atoms with E-state index in [1.165, 1.54) is 49.2 Å². The Balaban J connectivity index is 1.67. The topological polar surface area (TPSA) is 22.1 Å². The van der Waals surface area contributed by atoms with Crippen LogP contribution >= 0.6 is 0 Å². The lowest BCUT2D eigenvalue weighted by Gasteiger charge is -2.29. The van der Waals surface area contributed by atoms with Crippen LogP contribution in [-0.4, -0.2) is 4.98 Å². The molecule has 0 unspecified atom stereocenters. The van der Waals surface area contributed by atoms with Gasteiger partial charge in [-0.2, -0.15) is 0 Å². The highest BCUT2D eigenvalue weighted by Gasteiger charge is 2.30. The van der Waals surface area contributed by atoms with Crippen LogP contribution in [-0.2, 0) is 19.3 Å². The Morgan fingerprint density at radius 2 is 1.45 bits per heavy atom. The predicted octanol–water partition coefficient (Wildman–Crippen LogP) is 11.0. The second-order valence-corrected chi connectivity index (χ2v) is 14.9. The molecule has 0 amide bonds. The number of nitrogens with zero attached hydrogens (tertiary/aromatic N) is 1. The van der Waals surface area contributed by atoms with E-state index in [1.807, 2.05) is 6.20 Å². The van der Waals surface area contributed by atoms with Crippen molar-refractivity contribution in [3.05, 3.63) is 77.0 Å². The van der Waals surface area contributed by atoms with Crippen molar-refractivity contribution in [3.8, 4) is 22.8 Å². The van der Waals surface area contributed by atoms with Crippen molar-refractivity contribution in [2.75, 3.05) is 0 Å². The van der Waals surface area contributed by atoms with Gasteiger partial charge < -0.3 is 4.74 Å². The van der Waals surface area contributed by atoms with Crippen LogP contribution in [0.2, 0.25) is 0 Å². The van der Waals surface area contributed by atoms with Gasteiger partial charge >= 0.3 is 0 Å². The SMILES string of the molecule is Cc1c2c(c(CC(C)(C)C)c3ccc(CC(C)C)cc13)Oc1cc3ccc(CC(C)(C)C)cc3c3ccnc-2c13. The van der Waals surface area contributed by atoms with E-state index in [4.69, 9.17) is 9.72 Å². The zero-order valence-electron chi connectivity index (χ0n) is 25.8. The summed E-state index contributed by atoms with van der Waals surface area (Å²) in [7, 11) is 0. The summed E-state index contributed by atoms with van der Waals surface area (Å²) in [6.45, 7) is 20.7. The van der Waals surface area contributed by atoms with Crippen molar-refractivity contribution < 1.29 is 4.74 Å². The molecule has 0 aliphatic carbocycles. The first kappa shape index (κ1) is 26.8. The molecule has 0 N–H and O–H groups in total. The van der Waals surface area contributed by atoms with Gasteiger partial charge in [-0.25, -0.2) is 0 Å². The van der Waals surface area contributed by atoms with Crippen molar-refractivity contribution >= 4 is 32.3 Å². The van der Waals surface area contributed by atoms with Crippen LogP contribution in [0.5, 0.6) is 11.5 Å². The lowest BCUT2D eigenvalue weighted by Crippen LogP contribution is -2.13. The molecule has 206 valence electrons. The van der Waals surface area contributed by atoms with E-state index in [0.717, 1.165) is 47.4 Å². The highest BCUT2D eigenvalue weighted by molar-refractivity contribution is 6.17. The van der Waals surface area contributed by atoms with E-state index in [-0.39, 0.29) is 10.8 Å². The van der Waals surface area contributed by atoms with Gasteiger partial charge in [0.15, 0.2) is 0 Å². The van der Waals surface area contributed by atoms with Gasteiger partial charge in [0.05, 0.1) is 11.1 Å². The van der Waals surface area contributed by atoms with Gasteiger partial charge in [-0.3, -0.25) is 4.98 Å². The number of fused-ring (bicyclic) bond motifs is 5. The average Bonchev–Trinajstić information content (AvgIpc) is 2.85. The van der Waals surface area contributed by atoms with E-state index in [1.54, 1.807) is 0 Å². The number of pyridine rings is 1. The summed E-state index contributed by atoms with van der Waals surface area (Å²) < 4.78 is 6.99. The Labute approximate surface area is 239 Å². The van der Waals surface area contributed by atoms with E-state index < -0.39 is 0 Å². The second-order valence-electron chi connectivity index (χ2n) is 14.9. The van der Waals surface area contributed by atoms with E-state index >= 15 is 0 Å². The maximum absolute atomic E-state index is 6.99. The van der Waals surface area contributed by atoms with E-state index in [2.05, 4.69) is 111 Å². The maximum Gasteiger partial charge on any atom is 0.140 e. The normalized spacial score (nSPS) is 13.3. The summed E-state index contributed by atoms with van der Waals surface area (Å²) in [6.07, 6.45) is 5.06. The first-order valence-electron chi connectivity index (χ1n) is 14.9. The number of aromatic nitrogens is 1. The molecule has 6 rings (SSSR count). The Morgan fingerprint density at radius 1 is 0.750 bits per heavy atom. The molecule has 0 radical (unpaired) electrons. The van der Waals surface area contributed by atoms with Gasteiger partial charge in [0.25, 0.3) is 0 Å². The molecule has 40 heavy (non-hydrogen) atoms. The van der Waals surface area contributed by atoms with Crippen LogP contribution < -0.4 is 4.74 Å². The zero-order valence-corrected chi connectivity index (χ0v) is 25.8. The number of aryl methyl sites for hydroxylation is 1. The van der Waals surface area contributed by atoms with Crippen LogP contribution in [0.4, 0.5) is 0 Å². The lowest BCUT2D eigenvalue weighted by molar-refractivity contribution is 0.400. The van der Waals surface area contributed by atoms with Crippen LogP contribution in [0.25, 0.3) is 43.6 Å². The van der Waals surface area contributed by atoms with Gasteiger partial charge in [-0.05, 0) is 98.7 Å². The Morgan fingerprint density at radius 3 is 2.15 bits per heavy atom.